The smallest absolute Gasteiger partial charge is 0.335 e. The second-order valence-electron chi connectivity index (χ2n) is 3.56. The topological polar surface area (TPSA) is 69.6 Å². The van der Waals surface area contributed by atoms with Crippen molar-refractivity contribution in [2.45, 2.75) is 19.4 Å². The summed E-state index contributed by atoms with van der Waals surface area (Å²) in [5.41, 5.74) is 1.07. The number of aliphatic hydroxyl groups excluding tert-OH is 1. The third-order valence-corrected chi connectivity index (χ3v) is 2.75. The van der Waals surface area contributed by atoms with Crippen LogP contribution < -0.4 is 5.32 Å². The molecule has 0 aliphatic heterocycles. The maximum absolute atomic E-state index is 10.7. The maximum Gasteiger partial charge on any atom is 0.335 e. The van der Waals surface area contributed by atoms with Crippen LogP contribution in [0, 0.1) is 0 Å². The highest BCUT2D eigenvalue weighted by molar-refractivity contribution is 9.10. The van der Waals surface area contributed by atoms with Crippen molar-refractivity contribution in [3.63, 3.8) is 0 Å². The first-order valence-corrected chi connectivity index (χ1v) is 5.75. The number of carboxylic acids is 1. The quantitative estimate of drug-likeness (QED) is 0.777. The van der Waals surface area contributed by atoms with Gasteiger partial charge in [-0.2, -0.15) is 0 Å². The Labute approximate surface area is 102 Å². The second kappa shape index (κ2) is 5.86. The number of halogens is 1. The minimum Gasteiger partial charge on any atom is -0.478 e. The predicted octanol–water partition coefficient (Wildman–Crippen LogP) is 2.33. The molecular formula is C11H14BrNO3. The summed E-state index contributed by atoms with van der Waals surface area (Å²) in [5.74, 6) is -0.948. The van der Waals surface area contributed by atoms with Crippen molar-refractivity contribution in [3.05, 3.63) is 28.2 Å². The number of anilines is 1. The third kappa shape index (κ3) is 3.83. The van der Waals surface area contributed by atoms with Gasteiger partial charge in [-0.25, -0.2) is 4.79 Å². The second-order valence-corrected chi connectivity index (χ2v) is 4.42. The first-order chi connectivity index (χ1) is 7.50. The lowest BCUT2D eigenvalue weighted by Crippen LogP contribution is -2.10. The zero-order chi connectivity index (χ0) is 12.1. The molecule has 0 aliphatic rings. The van der Waals surface area contributed by atoms with Crippen LogP contribution in [0.3, 0.4) is 0 Å². The van der Waals surface area contributed by atoms with Gasteiger partial charge in [0.2, 0.25) is 0 Å². The normalized spacial score (nSPS) is 12.2. The van der Waals surface area contributed by atoms with E-state index in [1.54, 1.807) is 19.1 Å². The van der Waals surface area contributed by atoms with Crippen LogP contribution in [0.15, 0.2) is 22.7 Å². The highest BCUT2D eigenvalue weighted by Gasteiger charge is 2.06. The van der Waals surface area contributed by atoms with Gasteiger partial charge in [0.1, 0.15) is 0 Å². The Kier molecular flexibility index (Phi) is 4.76. The van der Waals surface area contributed by atoms with E-state index in [0.29, 0.717) is 17.4 Å². The number of aliphatic hydroxyl groups is 1. The summed E-state index contributed by atoms with van der Waals surface area (Å²) in [6.45, 7) is 2.37. The van der Waals surface area contributed by atoms with E-state index in [4.69, 9.17) is 10.2 Å². The molecule has 0 aliphatic carbocycles. The van der Waals surface area contributed by atoms with Gasteiger partial charge in [-0.3, -0.25) is 0 Å². The van der Waals surface area contributed by atoms with Gasteiger partial charge in [0, 0.05) is 16.7 Å². The Morgan fingerprint density at radius 2 is 2.25 bits per heavy atom. The zero-order valence-corrected chi connectivity index (χ0v) is 10.5. The fourth-order valence-corrected chi connectivity index (χ4v) is 1.73. The number of hydrogen-bond acceptors (Lipinski definition) is 3. The Bertz CT molecular complexity index is 379. The van der Waals surface area contributed by atoms with Gasteiger partial charge in [0.05, 0.1) is 11.7 Å². The van der Waals surface area contributed by atoms with Crippen molar-refractivity contribution < 1.29 is 15.0 Å². The van der Waals surface area contributed by atoms with Gasteiger partial charge in [-0.05, 0) is 47.5 Å². The summed E-state index contributed by atoms with van der Waals surface area (Å²) in [5, 5.41) is 21.0. The van der Waals surface area contributed by atoms with E-state index in [1.165, 1.54) is 6.07 Å². The maximum atomic E-state index is 10.7. The van der Waals surface area contributed by atoms with Gasteiger partial charge >= 0.3 is 5.97 Å². The summed E-state index contributed by atoms with van der Waals surface area (Å²) >= 11 is 3.29. The highest BCUT2D eigenvalue weighted by Crippen LogP contribution is 2.23. The SMILES string of the molecule is CC(O)CCNc1ccc(C(=O)O)cc1Br. The van der Waals surface area contributed by atoms with E-state index < -0.39 is 5.97 Å². The molecule has 4 nitrogen and oxygen atoms in total. The fraction of sp³-hybridized carbons (Fsp3) is 0.364. The highest BCUT2D eigenvalue weighted by atomic mass is 79.9. The van der Waals surface area contributed by atoms with Crippen molar-refractivity contribution in [1.29, 1.82) is 0 Å². The lowest BCUT2D eigenvalue weighted by molar-refractivity contribution is 0.0697. The van der Waals surface area contributed by atoms with Crippen LogP contribution in [0.25, 0.3) is 0 Å². The fourth-order valence-electron chi connectivity index (χ4n) is 1.21. The Morgan fingerprint density at radius 3 is 2.75 bits per heavy atom. The molecule has 16 heavy (non-hydrogen) atoms. The average Bonchev–Trinajstić information content (AvgIpc) is 2.19. The van der Waals surface area contributed by atoms with E-state index in [1.807, 2.05) is 0 Å². The molecule has 1 aromatic carbocycles. The molecule has 0 bridgehead atoms. The molecule has 0 amide bonds. The first-order valence-electron chi connectivity index (χ1n) is 4.95. The standard InChI is InChI=1S/C11H14BrNO3/c1-7(14)4-5-13-10-3-2-8(11(15)16)6-9(10)12/h2-3,6-7,13-14H,4-5H2,1H3,(H,15,16). The summed E-state index contributed by atoms with van der Waals surface area (Å²) in [7, 11) is 0. The molecule has 0 heterocycles. The van der Waals surface area contributed by atoms with E-state index in [2.05, 4.69) is 21.2 Å². The van der Waals surface area contributed by atoms with Gasteiger partial charge in [-0.1, -0.05) is 0 Å². The van der Waals surface area contributed by atoms with Crippen molar-refractivity contribution >= 4 is 27.6 Å². The van der Waals surface area contributed by atoms with E-state index >= 15 is 0 Å². The zero-order valence-electron chi connectivity index (χ0n) is 8.90. The van der Waals surface area contributed by atoms with E-state index in [-0.39, 0.29) is 11.7 Å². The number of aromatic carboxylic acids is 1. The van der Waals surface area contributed by atoms with Gasteiger partial charge < -0.3 is 15.5 Å². The van der Waals surface area contributed by atoms with Crippen LogP contribution in [0.4, 0.5) is 5.69 Å². The molecule has 0 fully saturated rings. The van der Waals surface area contributed by atoms with Crippen LogP contribution in [0.1, 0.15) is 23.7 Å². The number of rotatable bonds is 5. The van der Waals surface area contributed by atoms with Crippen LogP contribution in [0.5, 0.6) is 0 Å². The van der Waals surface area contributed by atoms with Crippen molar-refractivity contribution in [2.24, 2.45) is 0 Å². The van der Waals surface area contributed by atoms with Crippen LogP contribution in [-0.4, -0.2) is 28.8 Å². The molecule has 1 aromatic rings. The number of carboxylic acid groups (broad SMARTS) is 1. The summed E-state index contributed by atoms with van der Waals surface area (Å²) in [6.07, 6.45) is 0.303. The van der Waals surface area contributed by atoms with Crippen LogP contribution in [-0.2, 0) is 0 Å². The lowest BCUT2D eigenvalue weighted by Gasteiger charge is -2.10. The van der Waals surface area contributed by atoms with Gasteiger partial charge in [-0.15, -0.1) is 0 Å². The van der Waals surface area contributed by atoms with Crippen LogP contribution >= 0.6 is 15.9 Å². The number of benzene rings is 1. The van der Waals surface area contributed by atoms with E-state index in [9.17, 15) is 4.79 Å². The third-order valence-electron chi connectivity index (χ3n) is 2.09. The summed E-state index contributed by atoms with van der Waals surface area (Å²) in [4.78, 5) is 10.7. The number of carbonyl (C=O) groups is 1. The molecular weight excluding hydrogens is 274 g/mol. The van der Waals surface area contributed by atoms with E-state index in [0.717, 1.165) is 5.69 Å². The first kappa shape index (κ1) is 13.0. The average molecular weight is 288 g/mol. The predicted molar refractivity (Wildman–Crippen MR) is 65.9 cm³/mol. The molecule has 3 N–H and O–H groups in total. The molecule has 0 aromatic heterocycles. The largest absolute Gasteiger partial charge is 0.478 e. The molecule has 1 unspecified atom stereocenters. The summed E-state index contributed by atoms with van der Waals surface area (Å²) < 4.78 is 0.706. The number of hydrogen-bond donors (Lipinski definition) is 3. The molecule has 0 radical (unpaired) electrons. The Morgan fingerprint density at radius 1 is 1.56 bits per heavy atom. The van der Waals surface area contributed by atoms with Crippen molar-refractivity contribution in [2.75, 3.05) is 11.9 Å². The number of nitrogens with one attached hydrogen (secondary N) is 1. The molecule has 0 spiro atoms. The molecule has 1 rings (SSSR count). The molecule has 88 valence electrons. The minimum absolute atomic E-state index is 0.243. The molecule has 0 saturated heterocycles. The minimum atomic E-state index is -0.948. The Hall–Kier alpha value is -1.07. The molecule has 1 atom stereocenters. The lowest BCUT2D eigenvalue weighted by atomic mass is 10.2. The van der Waals surface area contributed by atoms with Gasteiger partial charge in [0.25, 0.3) is 0 Å². The van der Waals surface area contributed by atoms with Gasteiger partial charge in [0.15, 0.2) is 0 Å². The summed E-state index contributed by atoms with van der Waals surface area (Å²) in [6, 6.07) is 4.79. The van der Waals surface area contributed by atoms with Crippen molar-refractivity contribution in [3.8, 4) is 0 Å². The van der Waals surface area contributed by atoms with Crippen LogP contribution in [0.2, 0.25) is 0 Å². The molecule has 5 heteroatoms. The monoisotopic (exact) mass is 287 g/mol. The molecule has 0 saturated carbocycles. The van der Waals surface area contributed by atoms with Crippen molar-refractivity contribution in [1.82, 2.24) is 0 Å². The Balaban J connectivity index is 2.64.